The van der Waals surface area contributed by atoms with Crippen molar-refractivity contribution < 1.29 is 0 Å². The second-order valence-electron chi connectivity index (χ2n) is 6.78. The lowest BCUT2D eigenvalue weighted by Gasteiger charge is -2.46. The zero-order valence-electron chi connectivity index (χ0n) is 11.9. The lowest BCUT2D eigenvalue weighted by molar-refractivity contribution is 0.170. The van der Waals surface area contributed by atoms with E-state index in [9.17, 15) is 0 Å². The number of nitrogens with one attached hydrogen (secondary N) is 1. The van der Waals surface area contributed by atoms with E-state index in [-0.39, 0.29) is 5.41 Å². The van der Waals surface area contributed by atoms with Gasteiger partial charge in [0.2, 0.25) is 0 Å². The SMILES string of the molecule is CC1=C2Nc3ccccc3C23CCN2CC=CC(C1)C23. The Bertz CT molecular complexity index is 657. The van der Waals surface area contributed by atoms with E-state index in [1.807, 2.05) is 0 Å². The topological polar surface area (TPSA) is 15.3 Å². The van der Waals surface area contributed by atoms with Crippen LogP contribution < -0.4 is 5.32 Å². The van der Waals surface area contributed by atoms with Gasteiger partial charge in [-0.25, -0.2) is 0 Å². The van der Waals surface area contributed by atoms with Crippen molar-refractivity contribution in [3.05, 3.63) is 53.3 Å². The molecule has 1 saturated heterocycles. The van der Waals surface area contributed by atoms with Crippen molar-refractivity contribution in [2.45, 2.75) is 31.2 Å². The molecular weight excluding hydrogens is 244 g/mol. The normalized spacial score (nSPS) is 37.5. The number of hydrogen-bond donors (Lipinski definition) is 1. The first-order valence-corrected chi connectivity index (χ1v) is 7.78. The number of allylic oxidation sites excluding steroid dienone is 1. The van der Waals surface area contributed by atoms with Crippen molar-refractivity contribution in [1.29, 1.82) is 0 Å². The van der Waals surface area contributed by atoms with Crippen LogP contribution in [-0.4, -0.2) is 24.0 Å². The Kier molecular flexibility index (Phi) is 1.98. The van der Waals surface area contributed by atoms with Crippen LogP contribution in [0.1, 0.15) is 25.3 Å². The van der Waals surface area contributed by atoms with Gasteiger partial charge in [0.05, 0.1) is 5.41 Å². The Morgan fingerprint density at radius 1 is 1.30 bits per heavy atom. The summed E-state index contributed by atoms with van der Waals surface area (Å²) in [6.45, 7) is 4.70. The van der Waals surface area contributed by atoms with Gasteiger partial charge in [0, 0.05) is 30.5 Å². The maximum Gasteiger partial charge on any atom is 0.0546 e. The van der Waals surface area contributed by atoms with Crippen molar-refractivity contribution >= 4 is 5.69 Å². The second kappa shape index (κ2) is 3.56. The van der Waals surface area contributed by atoms with Gasteiger partial charge in [0.25, 0.3) is 0 Å². The van der Waals surface area contributed by atoms with Gasteiger partial charge >= 0.3 is 0 Å². The lowest BCUT2D eigenvalue weighted by Crippen LogP contribution is -2.51. The smallest absolute Gasteiger partial charge is 0.0546 e. The molecule has 3 unspecified atom stereocenters. The molecule has 1 aliphatic carbocycles. The minimum atomic E-state index is 0.244. The van der Waals surface area contributed by atoms with E-state index in [1.165, 1.54) is 30.8 Å². The van der Waals surface area contributed by atoms with Crippen molar-refractivity contribution in [2.75, 3.05) is 18.4 Å². The third kappa shape index (κ3) is 1.11. The average molecular weight is 264 g/mol. The van der Waals surface area contributed by atoms with E-state index in [0.717, 1.165) is 6.54 Å². The van der Waals surface area contributed by atoms with E-state index < -0.39 is 0 Å². The molecule has 0 aromatic heterocycles. The third-order valence-corrected chi connectivity index (χ3v) is 5.90. The fourth-order valence-electron chi connectivity index (χ4n) is 5.29. The molecule has 0 saturated carbocycles. The maximum atomic E-state index is 3.77. The first-order chi connectivity index (χ1) is 9.80. The monoisotopic (exact) mass is 264 g/mol. The van der Waals surface area contributed by atoms with Crippen LogP contribution in [0.25, 0.3) is 0 Å². The number of rotatable bonds is 0. The molecule has 1 N–H and O–H groups in total. The highest BCUT2D eigenvalue weighted by atomic mass is 15.2. The van der Waals surface area contributed by atoms with E-state index in [4.69, 9.17) is 0 Å². The average Bonchev–Trinajstić information content (AvgIpc) is 3.02. The zero-order chi connectivity index (χ0) is 13.3. The van der Waals surface area contributed by atoms with Gasteiger partial charge in [0.15, 0.2) is 0 Å². The molecule has 4 aliphatic rings. The number of anilines is 1. The predicted molar refractivity (Wildman–Crippen MR) is 81.7 cm³/mol. The Hall–Kier alpha value is -1.54. The highest BCUT2D eigenvalue weighted by molar-refractivity contribution is 5.71. The molecule has 2 heteroatoms. The fraction of sp³-hybridized carbons (Fsp3) is 0.444. The van der Waals surface area contributed by atoms with Crippen LogP contribution >= 0.6 is 0 Å². The highest BCUT2D eigenvalue weighted by Gasteiger charge is 2.59. The summed E-state index contributed by atoms with van der Waals surface area (Å²) < 4.78 is 0. The van der Waals surface area contributed by atoms with Gasteiger partial charge in [-0.3, -0.25) is 4.90 Å². The van der Waals surface area contributed by atoms with Crippen LogP contribution in [0.2, 0.25) is 0 Å². The molecule has 1 fully saturated rings. The summed E-state index contributed by atoms with van der Waals surface area (Å²) in [5, 5.41) is 3.77. The number of nitrogens with zero attached hydrogens (tertiary/aromatic N) is 1. The van der Waals surface area contributed by atoms with Crippen LogP contribution in [0.15, 0.2) is 47.7 Å². The summed E-state index contributed by atoms with van der Waals surface area (Å²) in [5.74, 6) is 0.697. The molecule has 0 amide bonds. The van der Waals surface area contributed by atoms with Crippen LogP contribution in [-0.2, 0) is 5.41 Å². The number of para-hydroxylation sites is 1. The van der Waals surface area contributed by atoms with Gasteiger partial charge < -0.3 is 5.32 Å². The molecular formula is C18H20N2. The van der Waals surface area contributed by atoms with Gasteiger partial charge in [0.1, 0.15) is 0 Å². The first kappa shape index (κ1) is 11.2. The number of fused-ring (bicyclic) bond motifs is 1. The van der Waals surface area contributed by atoms with E-state index in [1.54, 1.807) is 11.1 Å². The van der Waals surface area contributed by atoms with E-state index in [0.29, 0.717) is 12.0 Å². The number of hydrogen-bond acceptors (Lipinski definition) is 2. The molecule has 3 atom stereocenters. The minimum Gasteiger partial charge on any atom is -0.358 e. The molecule has 102 valence electrons. The zero-order valence-corrected chi connectivity index (χ0v) is 11.9. The molecule has 2 nitrogen and oxygen atoms in total. The quantitative estimate of drug-likeness (QED) is 0.723. The Balaban J connectivity index is 1.81. The molecule has 1 aromatic rings. The molecule has 5 rings (SSSR count). The van der Waals surface area contributed by atoms with E-state index in [2.05, 4.69) is 53.6 Å². The second-order valence-corrected chi connectivity index (χ2v) is 6.78. The highest BCUT2D eigenvalue weighted by Crippen LogP contribution is 2.59. The first-order valence-electron chi connectivity index (χ1n) is 7.78. The minimum absolute atomic E-state index is 0.244. The van der Waals surface area contributed by atoms with Crippen molar-refractivity contribution in [1.82, 2.24) is 4.90 Å². The summed E-state index contributed by atoms with van der Waals surface area (Å²) in [7, 11) is 0. The Labute approximate surface area is 120 Å². The Morgan fingerprint density at radius 3 is 3.15 bits per heavy atom. The van der Waals surface area contributed by atoms with Gasteiger partial charge in [-0.2, -0.15) is 0 Å². The lowest BCUT2D eigenvalue weighted by atomic mass is 9.63. The Morgan fingerprint density at radius 2 is 2.20 bits per heavy atom. The van der Waals surface area contributed by atoms with Crippen LogP contribution in [0, 0.1) is 5.92 Å². The summed E-state index contributed by atoms with van der Waals surface area (Å²) >= 11 is 0. The summed E-state index contributed by atoms with van der Waals surface area (Å²) in [6.07, 6.45) is 7.35. The fourth-order valence-corrected chi connectivity index (χ4v) is 5.29. The molecule has 0 radical (unpaired) electrons. The summed E-state index contributed by atoms with van der Waals surface area (Å²) in [6, 6.07) is 9.63. The molecule has 20 heavy (non-hydrogen) atoms. The van der Waals surface area contributed by atoms with Gasteiger partial charge in [-0.05, 0) is 37.3 Å². The largest absolute Gasteiger partial charge is 0.358 e. The number of benzene rings is 1. The van der Waals surface area contributed by atoms with Crippen molar-refractivity contribution in [2.24, 2.45) is 5.92 Å². The molecule has 3 aliphatic heterocycles. The van der Waals surface area contributed by atoms with E-state index >= 15 is 0 Å². The van der Waals surface area contributed by atoms with Gasteiger partial charge in [-0.1, -0.05) is 35.9 Å². The summed E-state index contributed by atoms with van der Waals surface area (Å²) in [5.41, 5.74) is 6.23. The van der Waals surface area contributed by atoms with Crippen molar-refractivity contribution in [3.8, 4) is 0 Å². The van der Waals surface area contributed by atoms with Crippen LogP contribution in [0.5, 0.6) is 0 Å². The molecule has 3 heterocycles. The van der Waals surface area contributed by atoms with Gasteiger partial charge in [-0.15, -0.1) is 0 Å². The summed E-state index contributed by atoms with van der Waals surface area (Å²) in [4.78, 5) is 2.71. The predicted octanol–water partition coefficient (Wildman–Crippen LogP) is 3.29. The molecule has 0 bridgehead atoms. The maximum absolute atomic E-state index is 3.77. The van der Waals surface area contributed by atoms with Crippen LogP contribution in [0.3, 0.4) is 0 Å². The molecule has 1 aromatic carbocycles. The standard InChI is InChI=1S/C18H20N2/c1-12-11-13-5-4-9-20-10-8-18(17(13)20)14-6-2-3-7-15(14)19-16(12)18/h2-7,13,17,19H,8-11H2,1H3. The van der Waals surface area contributed by atoms with Crippen molar-refractivity contribution in [3.63, 3.8) is 0 Å². The third-order valence-electron chi connectivity index (χ3n) is 5.90. The van der Waals surface area contributed by atoms with Crippen LogP contribution in [0.4, 0.5) is 5.69 Å². The molecule has 1 spiro atoms.